The second-order valence-corrected chi connectivity index (χ2v) is 3.85. The van der Waals surface area contributed by atoms with Crippen LogP contribution in [0.25, 0.3) is 0 Å². The summed E-state index contributed by atoms with van der Waals surface area (Å²) in [6.07, 6.45) is 0. The summed E-state index contributed by atoms with van der Waals surface area (Å²) in [6, 6.07) is 5.19. The van der Waals surface area contributed by atoms with E-state index < -0.39 is 5.97 Å². The normalized spacial score (nSPS) is 9.62. The van der Waals surface area contributed by atoms with Gasteiger partial charge in [0.15, 0.2) is 0 Å². The van der Waals surface area contributed by atoms with E-state index in [1.807, 2.05) is 0 Å². The Hall–Kier alpha value is -1.49. The summed E-state index contributed by atoms with van der Waals surface area (Å²) in [5.74, 6) is 0.0832. The number of carboxylic acid groups (broad SMARTS) is 1. The van der Waals surface area contributed by atoms with Gasteiger partial charge in [0, 0.05) is 6.07 Å². The van der Waals surface area contributed by atoms with Crippen molar-refractivity contribution in [3.8, 4) is 11.5 Å². The molecule has 0 saturated carbocycles. The van der Waals surface area contributed by atoms with Crippen LogP contribution in [0.15, 0.2) is 34.8 Å². The number of hydrogen-bond acceptors (Lipinski definition) is 3. The monoisotopic (exact) mass is 286 g/mol. The molecule has 16 heavy (non-hydrogen) atoms. The standard InChI is InChI=1S/C11H11BrO4/c1-7(11(13)14)6-16-10-5-8(15-2)3-4-9(10)12/h3-5H,1,6H2,2H3,(H,13,14). The van der Waals surface area contributed by atoms with Crippen LogP contribution in [0.5, 0.6) is 11.5 Å². The number of aliphatic carboxylic acids is 1. The number of hydrogen-bond donors (Lipinski definition) is 1. The van der Waals surface area contributed by atoms with Crippen LogP contribution >= 0.6 is 15.9 Å². The maximum atomic E-state index is 10.5. The molecule has 5 heteroatoms. The topological polar surface area (TPSA) is 55.8 Å². The van der Waals surface area contributed by atoms with E-state index in [9.17, 15) is 4.79 Å². The van der Waals surface area contributed by atoms with Gasteiger partial charge in [-0.25, -0.2) is 4.79 Å². The molecule has 0 saturated heterocycles. The Bertz CT molecular complexity index is 414. The van der Waals surface area contributed by atoms with E-state index in [1.165, 1.54) is 0 Å². The van der Waals surface area contributed by atoms with Crippen LogP contribution in [0.1, 0.15) is 0 Å². The van der Waals surface area contributed by atoms with Crippen molar-refractivity contribution in [1.29, 1.82) is 0 Å². The molecule has 0 fully saturated rings. The van der Waals surface area contributed by atoms with Crippen LogP contribution in [0, 0.1) is 0 Å². The Kier molecular flexibility index (Phi) is 4.37. The molecular weight excluding hydrogens is 276 g/mol. The molecular formula is C11H11BrO4. The average Bonchev–Trinajstić information content (AvgIpc) is 2.27. The Morgan fingerprint density at radius 2 is 2.25 bits per heavy atom. The molecule has 0 radical (unpaired) electrons. The lowest BCUT2D eigenvalue weighted by atomic mass is 10.3. The van der Waals surface area contributed by atoms with Crippen molar-refractivity contribution in [3.05, 3.63) is 34.8 Å². The minimum Gasteiger partial charge on any atom is -0.497 e. The van der Waals surface area contributed by atoms with Crippen molar-refractivity contribution >= 4 is 21.9 Å². The van der Waals surface area contributed by atoms with Crippen LogP contribution < -0.4 is 9.47 Å². The van der Waals surface area contributed by atoms with Gasteiger partial charge in [-0.2, -0.15) is 0 Å². The minimum absolute atomic E-state index is 0.00489. The summed E-state index contributed by atoms with van der Waals surface area (Å²) >= 11 is 3.29. The Morgan fingerprint density at radius 3 is 2.81 bits per heavy atom. The van der Waals surface area contributed by atoms with Crippen LogP contribution in [0.2, 0.25) is 0 Å². The Labute approximate surface area is 102 Å². The lowest BCUT2D eigenvalue weighted by molar-refractivity contribution is -0.133. The summed E-state index contributed by atoms with van der Waals surface area (Å²) in [4.78, 5) is 10.5. The van der Waals surface area contributed by atoms with Crippen molar-refractivity contribution < 1.29 is 19.4 Å². The highest BCUT2D eigenvalue weighted by atomic mass is 79.9. The van der Waals surface area contributed by atoms with Gasteiger partial charge in [0.25, 0.3) is 0 Å². The third-order valence-electron chi connectivity index (χ3n) is 1.84. The van der Waals surface area contributed by atoms with E-state index in [-0.39, 0.29) is 12.2 Å². The number of halogens is 1. The molecule has 0 spiro atoms. The molecule has 0 aliphatic heterocycles. The summed E-state index contributed by atoms with van der Waals surface area (Å²) in [5, 5.41) is 8.61. The van der Waals surface area contributed by atoms with Gasteiger partial charge in [-0.05, 0) is 28.1 Å². The first-order chi connectivity index (χ1) is 7.54. The molecule has 86 valence electrons. The molecule has 0 aliphatic rings. The van der Waals surface area contributed by atoms with E-state index >= 15 is 0 Å². The van der Waals surface area contributed by atoms with E-state index in [0.717, 1.165) is 4.47 Å². The molecule has 1 rings (SSSR count). The highest BCUT2D eigenvalue weighted by Crippen LogP contribution is 2.29. The minimum atomic E-state index is -1.07. The van der Waals surface area contributed by atoms with Crippen LogP contribution in [-0.4, -0.2) is 24.8 Å². The third-order valence-corrected chi connectivity index (χ3v) is 2.50. The molecule has 0 bridgehead atoms. The smallest absolute Gasteiger partial charge is 0.334 e. The van der Waals surface area contributed by atoms with E-state index in [2.05, 4.69) is 22.5 Å². The van der Waals surface area contributed by atoms with E-state index in [1.54, 1.807) is 25.3 Å². The zero-order chi connectivity index (χ0) is 12.1. The molecule has 1 aromatic carbocycles. The second-order valence-electron chi connectivity index (χ2n) is 2.99. The van der Waals surface area contributed by atoms with Gasteiger partial charge in [-0.15, -0.1) is 0 Å². The predicted molar refractivity (Wildman–Crippen MR) is 63.0 cm³/mol. The molecule has 1 N–H and O–H groups in total. The first-order valence-electron chi connectivity index (χ1n) is 4.42. The molecule has 0 atom stereocenters. The molecule has 0 unspecified atom stereocenters. The van der Waals surface area contributed by atoms with Crippen LogP contribution in [-0.2, 0) is 4.79 Å². The van der Waals surface area contributed by atoms with Crippen molar-refractivity contribution in [1.82, 2.24) is 0 Å². The lowest BCUT2D eigenvalue weighted by Crippen LogP contribution is -2.09. The highest BCUT2D eigenvalue weighted by molar-refractivity contribution is 9.10. The SMILES string of the molecule is C=C(COc1cc(OC)ccc1Br)C(=O)O. The van der Waals surface area contributed by atoms with Crippen molar-refractivity contribution in [3.63, 3.8) is 0 Å². The van der Waals surface area contributed by atoms with Gasteiger partial charge >= 0.3 is 5.97 Å². The maximum absolute atomic E-state index is 10.5. The molecule has 0 heterocycles. The fourth-order valence-corrected chi connectivity index (χ4v) is 1.31. The fraction of sp³-hybridized carbons (Fsp3) is 0.182. The summed E-state index contributed by atoms with van der Waals surface area (Å²) in [6.45, 7) is 3.30. The summed E-state index contributed by atoms with van der Waals surface area (Å²) in [7, 11) is 1.54. The van der Waals surface area contributed by atoms with Gasteiger partial charge in [-0.1, -0.05) is 6.58 Å². The quantitative estimate of drug-likeness (QED) is 0.845. The first kappa shape index (κ1) is 12.6. The average molecular weight is 287 g/mol. The zero-order valence-corrected chi connectivity index (χ0v) is 10.3. The summed E-state index contributed by atoms with van der Waals surface area (Å²) in [5.41, 5.74) is -0.00489. The third kappa shape index (κ3) is 3.27. The second kappa shape index (κ2) is 5.55. The molecule has 0 amide bonds. The Balaban J connectivity index is 2.73. The maximum Gasteiger partial charge on any atom is 0.334 e. The van der Waals surface area contributed by atoms with Crippen molar-refractivity contribution in [2.75, 3.05) is 13.7 Å². The van der Waals surface area contributed by atoms with Crippen molar-refractivity contribution in [2.45, 2.75) is 0 Å². The number of rotatable bonds is 5. The molecule has 0 aromatic heterocycles. The van der Waals surface area contributed by atoms with E-state index in [4.69, 9.17) is 14.6 Å². The van der Waals surface area contributed by atoms with Crippen LogP contribution in [0.3, 0.4) is 0 Å². The van der Waals surface area contributed by atoms with E-state index in [0.29, 0.717) is 11.5 Å². The number of carboxylic acids is 1. The zero-order valence-electron chi connectivity index (χ0n) is 8.70. The molecule has 0 aliphatic carbocycles. The largest absolute Gasteiger partial charge is 0.497 e. The Morgan fingerprint density at radius 1 is 1.56 bits per heavy atom. The van der Waals surface area contributed by atoms with Gasteiger partial charge in [0.2, 0.25) is 0 Å². The highest BCUT2D eigenvalue weighted by Gasteiger charge is 2.07. The number of carbonyl (C=O) groups is 1. The predicted octanol–water partition coefficient (Wildman–Crippen LogP) is 2.48. The molecule has 4 nitrogen and oxygen atoms in total. The number of methoxy groups -OCH3 is 1. The van der Waals surface area contributed by atoms with Crippen molar-refractivity contribution in [2.24, 2.45) is 0 Å². The van der Waals surface area contributed by atoms with Gasteiger partial charge < -0.3 is 14.6 Å². The summed E-state index contributed by atoms with van der Waals surface area (Å²) < 4.78 is 11.0. The van der Waals surface area contributed by atoms with Gasteiger partial charge in [-0.3, -0.25) is 0 Å². The molecule has 1 aromatic rings. The van der Waals surface area contributed by atoms with Crippen LogP contribution in [0.4, 0.5) is 0 Å². The first-order valence-corrected chi connectivity index (χ1v) is 5.21. The number of benzene rings is 1. The van der Waals surface area contributed by atoms with Gasteiger partial charge in [0.05, 0.1) is 17.2 Å². The fourth-order valence-electron chi connectivity index (χ4n) is 0.948. The van der Waals surface area contributed by atoms with Gasteiger partial charge in [0.1, 0.15) is 18.1 Å². The lowest BCUT2D eigenvalue weighted by Gasteiger charge is -2.09. The number of ether oxygens (including phenoxy) is 2.